The lowest BCUT2D eigenvalue weighted by atomic mass is 9.98. The first-order valence-electron chi connectivity index (χ1n) is 9.19. The van der Waals surface area contributed by atoms with Gasteiger partial charge in [0.1, 0.15) is 0 Å². The molecule has 0 bridgehead atoms. The molecule has 0 atom stereocenters. The van der Waals surface area contributed by atoms with Gasteiger partial charge in [0.15, 0.2) is 5.82 Å². The third-order valence-electron chi connectivity index (χ3n) is 3.88. The van der Waals surface area contributed by atoms with Gasteiger partial charge >= 0.3 is 0 Å². The topological polar surface area (TPSA) is 25.8 Å². The van der Waals surface area contributed by atoms with E-state index in [4.69, 9.17) is 4.11 Å². The van der Waals surface area contributed by atoms with Crippen molar-refractivity contribution < 1.29 is 4.11 Å². The van der Waals surface area contributed by atoms with Crippen molar-refractivity contribution in [2.45, 2.75) is 26.5 Å². The zero-order chi connectivity index (χ0) is 18.9. The first-order chi connectivity index (χ1) is 12.2. The molecule has 0 amide bonds. The molecule has 0 N–H and O–H groups in total. The number of hydrogen-bond donors (Lipinski definition) is 0. The molecule has 0 fully saturated rings. The van der Waals surface area contributed by atoms with Crippen LogP contribution in [0.2, 0.25) is 19.6 Å². The van der Waals surface area contributed by atoms with Gasteiger partial charge < -0.3 is 0 Å². The summed E-state index contributed by atoms with van der Waals surface area (Å²) >= 11 is 0. The molecule has 116 valence electrons. The van der Waals surface area contributed by atoms with Crippen LogP contribution in [0.15, 0.2) is 60.9 Å². The fourth-order valence-corrected chi connectivity index (χ4v) is 3.31. The average Bonchev–Trinajstić information content (AvgIpc) is 2.60. The maximum atomic E-state index is 7.84. The van der Waals surface area contributed by atoms with Crippen LogP contribution < -0.4 is 5.19 Å². The normalized spacial score (nSPS) is 14.0. The quantitative estimate of drug-likeness (QED) is 0.655. The maximum absolute atomic E-state index is 7.84. The Kier molecular flexibility index (Phi) is 3.23. The standard InChI is InChI=1S/C20H22N2Si/c1-15-10-11-17(12-19(15)16-8-6-5-7-9-16)20-21-13-18(14-22-20)23(2,3)4/h5-14H,1-4H3/i1D3. The number of hydrogen-bond acceptors (Lipinski definition) is 2. The fraction of sp³-hybridized carbons (Fsp3) is 0.200. The Balaban J connectivity index is 2.10. The van der Waals surface area contributed by atoms with Crippen molar-refractivity contribution in [3.05, 3.63) is 66.5 Å². The molecule has 0 aliphatic heterocycles. The monoisotopic (exact) mass is 321 g/mol. The van der Waals surface area contributed by atoms with E-state index in [0.29, 0.717) is 17.0 Å². The highest BCUT2D eigenvalue weighted by Gasteiger charge is 2.17. The number of aryl methyl sites for hydroxylation is 1. The molecule has 3 rings (SSSR count). The summed E-state index contributed by atoms with van der Waals surface area (Å²) in [6, 6.07) is 14.9. The van der Waals surface area contributed by atoms with Gasteiger partial charge in [0.25, 0.3) is 0 Å². The van der Waals surface area contributed by atoms with Crippen LogP contribution in [0.1, 0.15) is 9.68 Å². The third kappa shape index (κ3) is 3.40. The summed E-state index contributed by atoms with van der Waals surface area (Å²) in [5, 5.41) is 1.20. The summed E-state index contributed by atoms with van der Waals surface area (Å²) in [5.41, 5.74) is 2.73. The molecule has 0 aliphatic carbocycles. The zero-order valence-electron chi connectivity index (χ0n) is 16.7. The van der Waals surface area contributed by atoms with Crippen molar-refractivity contribution in [2.75, 3.05) is 0 Å². The molecule has 2 aromatic carbocycles. The summed E-state index contributed by atoms with van der Waals surface area (Å²) in [6.07, 6.45) is 3.79. The Bertz CT molecular complexity index is 899. The van der Waals surface area contributed by atoms with Gasteiger partial charge in [-0.15, -0.1) is 0 Å². The number of benzene rings is 2. The molecule has 0 aliphatic rings. The van der Waals surface area contributed by atoms with Gasteiger partial charge in [-0.05, 0) is 34.8 Å². The van der Waals surface area contributed by atoms with E-state index in [9.17, 15) is 0 Å². The van der Waals surface area contributed by atoms with Crippen LogP contribution in [0.5, 0.6) is 0 Å². The van der Waals surface area contributed by atoms with Crippen LogP contribution in [0.3, 0.4) is 0 Å². The van der Waals surface area contributed by atoms with Crippen LogP contribution in [-0.4, -0.2) is 18.0 Å². The minimum Gasteiger partial charge on any atom is -0.237 e. The molecule has 2 nitrogen and oxygen atoms in total. The Morgan fingerprint density at radius 1 is 0.870 bits per heavy atom. The van der Waals surface area contributed by atoms with Gasteiger partial charge in [-0.3, -0.25) is 0 Å². The molecule has 0 saturated heterocycles. The summed E-state index contributed by atoms with van der Waals surface area (Å²) in [5.74, 6) is 0.612. The largest absolute Gasteiger partial charge is 0.237 e. The molecular weight excluding hydrogens is 296 g/mol. The molecule has 23 heavy (non-hydrogen) atoms. The molecule has 3 aromatic rings. The number of aromatic nitrogens is 2. The fourth-order valence-electron chi connectivity index (χ4n) is 2.40. The summed E-state index contributed by atoms with van der Waals surface area (Å²) in [6.45, 7) is 4.59. The van der Waals surface area contributed by atoms with Crippen molar-refractivity contribution in [2.24, 2.45) is 0 Å². The van der Waals surface area contributed by atoms with E-state index in [-0.39, 0.29) is 0 Å². The maximum Gasteiger partial charge on any atom is 0.159 e. The first kappa shape index (κ1) is 12.2. The second-order valence-electron chi connectivity index (χ2n) is 6.67. The molecule has 1 aromatic heterocycles. The van der Waals surface area contributed by atoms with E-state index in [1.807, 2.05) is 48.8 Å². The van der Waals surface area contributed by atoms with E-state index < -0.39 is 14.9 Å². The van der Waals surface area contributed by atoms with E-state index in [2.05, 4.69) is 29.6 Å². The lowest BCUT2D eigenvalue weighted by molar-refractivity contribution is 1.19. The predicted molar refractivity (Wildman–Crippen MR) is 101 cm³/mol. The Morgan fingerprint density at radius 3 is 2.17 bits per heavy atom. The van der Waals surface area contributed by atoms with Crippen molar-refractivity contribution in [1.82, 2.24) is 9.97 Å². The number of nitrogens with zero attached hydrogens (tertiary/aromatic N) is 2. The molecule has 0 spiro atoms. The molecule has 1 heterocycles. The van der Waals surface area contributed by atoms with Crippen molar-refractivity contribution in [3.63, 3.8) is 0 Å². The third-order valence-corrected chi connectivity index (χ3v) is 5.87. The second kappa shape index (κ2) is 6.09. The minimum absolute atomic E-state index is 0.339. The second-order valence-corrected chi connectivity index (χ2v) is 11.7. The average molecular weight is 322 g/mol. The highest BCUT2D eigenvalue weighted by atomic mass is 28.3. The van der Waals surface area contributed by atoms with Gasteiger partial charge in [-0.1, -0.05) is 62.1 Å². The van der Waals surface area contributed by atoms with E-state index in [1.165, 1.54) is 5.19 Å². The summed E-state index contributed by atoms with van der Waals surface area (Å²) in [7, 11) is -1.45. The van der Waals surface area contributed by atoms with Gasteiger partial charge in [0.2, 0.25) is 0 Å². The van der Waals surface area contributed by atoms with Crippen LogP contribution in [0.4, 0.5) is 0 Å². The van der Waals surface area contributed by atoms with Crippen molar-refractivity contribution in [3.8, 4) is 22.5 Å². The number of rotatable bonds is 3. The molecule has 0 saturated carbocycles. The summed E-state index contributed by atoms with van der Waals surface area (Å²) in [4.78, 5) is 9.05. The van der Waals surface area contributed by atoms with E-state index in [0.717, 1.165) is 11.1 Å². The van der Waals surface area contributed by atoms with Gasteiger partial charge in [-0.2, -0.15) is 0 Å². The van der Waals surface area contributed by atoms with Gasteiger partial charge in [-0.25, -0.2) is 9.97 Å². The molecule has 0 unspecified atom stereocenters. The van der Waals surface area contributed by atoms with E-state index in [1.54, 1.807) is 12.1 Å². The highest BCUT2D eigenvalue weighted by Crippen LogP contribution is 2.27. The lowest BCUT2D eigenvalue weighted by Crippen LogP contribution is -2.38. The molecular formula is C20H22N2Si. The van der Waals surface area contributed by atoms with Crippen LogP contribution >= 0.6 is 0 Å². The van der Waals surface area contributed by atoms with Crippen LogP contribution in [-0.2, 0) is 0 Å². The Hall–Kier alpha value is -2.26. The minimum atomic E-state index is -2.17. The zero-order valence-corrected chi connectivity index (χ0v) is 14.7. The molecule has 0 radical (unpaired) electrons. The lowest BCUT2D eigenvalue weighted by Gasteiger charge is -2.15. The van der Waals surface area contributed by atoms with Gasteiger partial charge in [0, 0.05) is 22.1 Å². The van der Waals surface area contributed by atoms with Crippen molar-refractivity contribution in [1.29, 1.82) is 0 Å². The van der Waals surface area contributed by atoms with Crippen LogP contribution in [0.25, 0.3) is 22.5 Å². The Labute approximate surface area is 143 Å². The summed E-state index contributed by atoms with van der Waals surface area (Å²) < 4.78 is 23.5. The molecule has 3 heteroatoms. The van der Waals surface area contributed by atoms with Gasteiger partial charge in [0.05, 0.1) is 8.07 Å². The van der Waals surface area contributed by atoms with Crippen LogP contribution in [0, 0.1) is 6.85 Å². The van der Waals surface area contributed by atoms with E-state index >= 15 is 0 Å². The first-order valence-corrected chi connectivity index (χ1v) is 11.2. The smallest absolute Gasteiger partial charge is 0.159 e. The Morgan fingerprint density at radius 2 is 1.57 bits per heavy atom. The van der Waals surface area contributed by atoms with Crippen molar-refractivity contribution >= 4 is 13.3 Å². The SMILES string of the molecule is [2H]C([2H])([2H])c1ccc(-c2ncc([Si](C)(C)C)cn2)cc1-c1ccccc1. The highest BCUT2D eigenvalue weighted by molar-refractivity contribution is 6.88. The predicted octanol–water partition coefficient (Wildman–Crippen LogP) is 4.66.